The maximum atomic E-state index is 13.2. The van der Waals surface area contributed by atoms with Crippen molar-refractivity contribution >= 4 is 11.9 Å². The fraction of sp³-hybridized carbons (Fsp3) is 0.630. The van der Waals surface area contributed by atoms with E-state index >= 15 is 0 Å². The van der Waals surface area contributed by atoms with Gasteiger partial charge in [0.05, 0.1) is 6.42 Å². The summed E-state index contributed by atoms with van der Waals surface area (Å²) in [5.74, 6) is 1.56. The fourth-order valence-electron chi connectivity index (χ4n) is 11.8. The van der Waals surface area contributed by atoms with E-state index in [0.29, 0.717) is 23.6 Å². The van der Waals surface area contributed by atoms with Crippen molar-refractivity contribution in [3.8, 4) is 11.3 Å². The molecule has 1 heterocycles. The molecule has 0 spiro atoms. The van der Waals surface area contributed by atoms with Crippen molar-refractivity contribution in [3.63, 3.8) is 0 Å². The summed E-state index contributed by atoms with van der Waals surface area (Å²) >= 11 is 0. The minimum Gasteiger partial charge on any atom is -0.618 e. The number of nitrogens with one attached hydrogen (secondary N) is 1. The zero-order valence-electron chi connectivity index (χ0n) is 33.3. The average molecular weight is 709 g/mol. The lowest BCUT2D eigenvalue weighted by molar-refractivity contribution is -0.593. The Hall–Kier alpha value is -3.41. The molecular weight excluding hydrogens is 645 g/mol. The molecule has 0 unspecified atom stereocenters. The minimum absolute atomic E-state index is 0.0803. The molecule has 6 rings (SSSR count). The summed E-state index contributed by atoms with van der Waals surface area (Å²) in [6.45, 7) is 19.8. The molecule has 282 valence electrons. The number of carbonyl (C=O) groups excluding carboxylic acids is 2. The average Bonchev–Trinajstić information content (AvgIpc) is 3.39. The van der Waals surface area contributed by atoms with Crippen LogP contribution < -0.4 is 10.0 Å². The number of nitrogens with zero attached hydrogens (tertiary/aromatic N) is 1. The molecule has 0 radical (unpaired) electrons. The van der Waals surface area contributed by atoms with Gasteiger partial charge < -0.3 is 15.3 Å². The van der Waals surface area contributed by atoms with Crippen molar-refractivity contribution < 1.29 is 19.1 Å². The van der Waals surface area contributed by atoms with Crippen LogP contribution in [0.25, 0.3) is 11.3 Å². The summed E-state index contributed by atoms with van der Waals surface area (Å²) in [4.78, 5) is 25.9. The number of carbonyl (C=O) groups is 2. The third kappa shape index (κ3) is 7.00. The number of rotatable bonds is 11. The molecule has 2 fully saturated rings. The van der Waals surface area contributed by atoms with Crippen molar-refractivity contribution in [1.29, 1.82) is 0 Å². The summed E-state index contributed by atoms with van der Waals surface area (Å²) in [5, 5.41) is 15.0. The van der Waals surface area contributed by atoms with Gasteiger partial charge in [0.2, 0.25) is 11.6 Å². The quantitative estimate of drug-likeness (QED) is 0.109. The van der Waals surface area contributed by atoms with Gasteiger partial charge in [-0.15, -0.1) is 0 Å². The fourth-order valence-corrected chi connectivity index (χ4v) is 11.8. The van der Waals surface area contributed by atoms with Gasteiger partial charge in [0.1, 0.15) is 6.10 Å². The molecule has 4 aliphatic carbocycles. The Kier molecular flexibility index (Phi) is 10.9. The number of hydrogen-bond acceptors (Lipinski definition) is 4. The van der Waals surface area contributed by atoms with E-state index in [9.17, 15) is 14.8 Å². The lowest BCUT2D eigenvalue weighted by atomic mass is 9.43. The van der Waals surface area contributed by atoms with Gasteiger partial charge >= 0.3 is 5.97 Å². The number of amides is 1. The molecular formula is C46H64N2O4. The number of aromatic nitrogens is 1. The second-order valence-electron chi connectivity index (χ2n) is 18.4. The second-order valence-corrected chi connectivity index (χ2v) is 18.4. The van der Waals surface area contributed by atoms with E-state index < -0.39 is 0 Å². The van der Waals surface area contributed by atoms with E-state index in [4.69, 9.17) is 4.74 Å². The van der Waals surface area contributed by atoms with E-state index in [-0.39, 0.29) is 47.1 Å². The van der Waals surface area contributed by atoms with Gasteiger partial charge in [-0.05, 0) is 136 Å². The first-order chi connectivity index (χ1) is 24.6. The lowest BCUT2D eigenvalue weighted by Crippen LogP contribution is -2.55. The van der Waals surface area contributed by atoms with Crippen LogP contribution in [-0.4, -0.2) is 18.0 Å². The molecule has 4 aliphatic rings. The highest BCUT2D eigenvalue weighted by atomic mass is 16.5. The first-order valence-corrected chi connectivity index (χ1v) is 20.2. The van der Waals surface area contributed by atoms with Crippen LogP contribution in [0.2, 0.25) is 0 Å². The Morgan fingerprint density at radius 3 is 2.40 bits per heavy atom. The highest BCUT2D eigenvalue weighted by Crippen LogP contribution is 2.72. The van der Waals surface area contributed by atoms with Gasteiger partial charge in [-0.3, -0.25) is 9.59 Å². The molecule has 6 heteroatoms. The maximum absolute atomic E-state index is 13.2. The molecule has 6 nitrogen and oxygen atoms in total. The Balaban J connectivity index is 1.04. The van der Waals surface area contributed by atoms with Crippen molar-refractivity contribution in [1.82, 2.24) is 5.32 Å². The molecule has 1 amide bonds. The number of esters is 1. The normalized spacial score (nSPS) is 31.1. The maximum Gasteiger partial charge on any atom is 0.306 e. The van der Waals surface area contributed by atoms with E-state index in [1.54, 1.807) is 23.3 Å². The third-order valence-electron chi connectivity index (χ3n) is 15.0. The number of benzene rings is 1. The van der Waals surface area contributed by atoms with E-state index in [0.717, 1.165) is 47.0 Å². The van der Waals surface area contributed by atoms with Gasteiger partial charge in [-0.2, -0.15) is 4.73 Å². The Labute approximate surface area is 313 Å². The summed E-state index contributed by atoms with van der Waals surface area (Å²) in [6, 6.07) is 12.9. The number of fused-ring (bicyclic) bond motifs is 4. The Bertz CT molecular complexity index is 1700. The molecule has 1 N–H and O–H groups in total. The van der Waals surface area contributed by atoms with E-state index in [1.165, 1.54) is 56.7 Å². The van der Waals surface area contributed by atoms with Gasteiger partial charge in [-0.1, -0.05) is 76.5 Å². The summed E-state index contributed by atoms with van der Waals surface area (Å²) in [6.07, 6.45) is 15.9. The number of ether oxygens (including phenoxy) is 1. The van der Waals surface area contributed by atoms with Gasteiger partial charge in [0, 0.05) is 36.1 Å². The number of allylic oxidation sites excluding steroid dienone is 4. The predicted molar refractivity (Wildman–Crippen MR) is 209 cm³/mol. The number of pyridine rings is 1. The van der Waals surface area contributed by atoms with Crippen molar-refractivity contribution in [2.24, 2.45) is 39.4 Å². The van der Waals surface area contributed by atoms with Crippen LogP contribution in [0.3, 0.4) is 0 Å². The Morgan fingerprint density at radius 2 is 1.69 bits per heavy atom. The van der Waals surface area contributed by atoms with Gasteiger partial charge in [0.15, 0.2) is 6.20 Å². The third-order valence-corrected chi connectivity index (χ3v) is 15.0. The first kappa shape index (κ1) is 38.3. The van der Waals surface area contributed by atoms with Gasteiger partial charge in [0.25, 0.3) is 0 Å². The van der Waals surface area contributed by atoms with E-state index in [1.807, 2.05) is 30.3 Å². The van der Waals surface area contributed by atoms with E-state index in [2.05, 4.69) is 66.8 Å². The van der Waals surface area contributed by atoms with Gasteiger partial charge in [-0.25, -0.2) is 0 Å². The summed E-state index contributed by atoms with van der Waals surface area (Å²) in [7, 11) is 0. The molecule has 2 aromatic rings. The van der Waals surface area contributed by atoms with Crippen LogP contribution in [0.5, 0.6) is 0 Å². The molecule has 7 atom stereocenters. The SMILES string of the molecule is CC(C)=CCC[C@@H](C)[C@H]1CC[C@@]2(C)C3=C(CC[C@]12C)[C@@]1(C)CC[C@H](OC(=O)CCC(=O)NCc2ccc(-c4cccc[n+]4[O-])cc2)C(C)(C)[C@@H]1CC3. The molecule has 1 aromatic carbocycles. The van der Waals surface area contributed by atoms with Crippen molar-refractivity contribution in [3.05, 3.63) is 82.2 Å². The zero-order chi connectivity index (χ0) is 37.5. The van der Waals surface area contributed by atoms with Crippen LogP contribution in [0.1, 0.15) is 138 Å². The summed E-state index contributed by atoms with van der Waals surface area (Å²) < 4.78 is 7.08. The largest absolute Gasteiger partial charge is 0.618 e. The van der Waals surface area contributed by atoms with Crippen LogP contribution in [0, 0.1) is 44.6 Å². The zero-order valence-corrected chi connectivity index (χ0v) is 33.3. The molecule has 2 saturated carbocycles. The van der Waals surface area contributed by atoms with Crippen molar-refractivity contribution in [2.45, 2.75) is 145 Å². The molecule has 0 saturated heterocycles. The van der Waals surface area contributed by atoms with Crippen LogP contribution in [0.4, 0.5) is 0 Å². The van der Waals surface area contributed by atoms with Crippen LogP contribution >= 0.6 is 0 Å². The number of hydrogen-bond donors (Lipinski definition) is 1. The molecule has 0 bridgehead atoms. The molecule has 52 heavy (non-hydrogen) atoms. The minimum atomic E-state index is -0.276. The van der Waals surface area contributed by atoms with Crippen LogP contribution in [0.15, 0.2) is 71.5 Å². The first-order valence-electron chi connectivity index (χ1n) is 20.2. The van der Waals surface area contributed by atoms with Crippen LogP contribution in [-0.2, 0) is 20.9 Å². The standard InChI is InChI=1S/C46H64N2O4/c1-31(2)12-11-13-32(3)35-23-27-46(8)37-19-20-39-43(4,5)40(25-26-44(39,6)36(37)24-28-45(35,46)7)52-42(50)22-21-41(49)47-30-33-15-17-34(18-16-33)38-14-9-10-29-48(38)51/h9-10,12,14-18,29,32,35,39-40H,11,13,19-28,30H2,1-8H3,(H,47,49)/t32-,35-,39+,40+,44-,45-,46+/m1/s1. The smallest absolute Gasteiger partial charge is 0.306 e. The Morgan fingerprint density at radius 1 is 0.942 bits per heavy atom. The highest BCUT2D eigenvalue weighted by Gasteiger charge is 2.63. The molecule has 1 aromatic heterocycles. The molecule has 0 aliphatic heterocycles. The second kappa shape index (κ2) is 14.8. The topological polar surface area (TPSA) is 82.3 Å². The predicted octanol–water partition coefficient (Wildman–Crippen LogP) is 10.4. The highest BCUT2D eigenvalue weighted by molar-refractivity contribution is 5.81. The monoisotopic (exact) mass is 708 g/mol. The van der Waals surface area contributed by atoms with Crippen molar-refractivity contribution in [2.75, 3.05) is 0 Å². The summed E-state index contributed by atoms with van der Waals surface area (Å²) in [5.41, 5.74) is 7.98. The lowest BCUT2D eigenvalue weighted by Gasteiger charge is -2.62.